The van der Waals surface area contributed by atoms with Crippen LogP contribution in [0.3, 0.4) is 0 Å². The van der Waals surface area contributed by atoms with Gasteiger partial charge < -0.3 is 19.3 Å². The number of aryl methyl sites for hydroxylation is 1. The topological polar surface area (TPSA) is 94.0 Å². The first-order valence-corrected chi connectivity index (χ1v) is 10.6. The number of ether oxygens (including phenoxy) is 2. The summed E-state index contributed by atoms with van der Waals surface area (Å²) < 4.78 is 11.8. The van der Waals surface area contributed by atoms with Gasteiger partial charge in [0.1, 0.15) is 11.3 Å². The van der Waals surface area contributed by atoms with Crippen molar-refractivity contribution < 1.29 is 23.9 Å². The van der Waals surface area contributed by atoms with Gasteiger partial charge in [0.05, 0.1) is 7.11 Å². The van der Waals surface area contributed by atoms with E-state index in [1.807, 2.05) is 25.7 Å². The lowest BCUT2D eigenvalue weighted by Crippen LogP contribution is -2.42. The average Bonchev–Trinajstić information content (AvgIpc) is 3.06. The number of hydrogen-bond donors (Lipinski definition) is 0. The van der Waals surface area contributed by atoms with Crippen molar-refractivity contribution in [2.45, 2.75) is 58.6 Å². The lowest BCUT2D eigenvalue weighted by molar-refractivity contribution is 0.0178. The third-order valence-electron chi connectivity index (χ3n) is 5.55. The normalized spacial score (nSPS) is 18.1. The van der Waals surface area contributed by atoms with Crippen LogP contribution in [-0.4, -0.2) is 76.4 Å². The number of carbonyl (C=O) groups is 3. The summed E-state index contributed by atoms with van der Waals surface area (Å²) in [4.78, 5) is 40.5. The summed E-state index contributed by atoms with van der Waals surface area (Å²) in [5, 5.41) is 4.21. The molecule has 9 nitrogen and oxygen atoms in total. The minimum Gasteiger partial charge on any atom is -0.464 e. The highest BCUT2D eigenvalue weighted by atomic mass is 16.6. The van der Waals surface area contributed by atoms with E-state index >= 15 is 0 Å². The maximum atomic E-state index is 13.0. The molecule has 166 valence electrons. The molecule has 3 rings (SSSR count). The van der Waals surface area contributed by atoms with Gasteiger partial charge in [-0.15, -0.1) is 0 Å². The van der Waals surface area contributed by atoms with E-state index in [2.05, 4.69) is 5.10 Å². The summed E-state index contributed by atoms with van der Waals surface area (Å²) in [5.74, 6) is -0.164. The van der Waals surface area contributed by atoms with Gasteiger partial charge in [0.2, 0.25) is 0 Å². The molecule has 1 saturated heterocycles. The molecule has 2 amide bonds. The van der Waals surface area contributed by atoms with E-state index in [1.165, 1.54) is 13.2 Å². The fourth-order valence-electron chi connectivity index (χ4n) is 3.92. The summed E-state index contributed by atoms with van der Waals surface area (Å²) in [7, 11) is 1.30. The number of nitrogens with zero attached hydrogens (tertiary/aromatic N) is 4. The van der Waals surface area contributed by atoms with Crippen LogP contribution in [0.5, 0.6) is 0 Å². The molecule has 0 radical (unpaired) electrons. The smallest absolute Gasteiger partial charge is 0.410 e. The summed E-state index contributed by atoms with van der Waals surface area (Å²) in [6.45, 7) is 8.91. The number of fused-ring (bicyclic) bond motifs is 1. The van der Waals surface area contributed by atoms with E-state index < -0.39 is 11.6 Å². The molecule has 3 heterocycles. The Morgan fingerprint density at radius 2 is 1.87 bits per heavy atom. The molecule has 2 aliphatic rings. The van der Waals surface area contributed by atoms with Crippen LogP contribution in [0.1, 0.15) is 67.4 Å². The van der Waals surface area contributed by atoms with Gasteiger partial charge >= 0.3 is 12.1 Å². The van der Waals surface area contributed by atoms with E-state index in [-0.39, 0.29) is 17.7 Å². The van der Waals surface area contributed by atoms with Crippen molar-refractivity contribution in [2.75, 3.05) is 33.3 Å². The van der Waals surface area contributed by atoms with E-state index in [0.29, 0.717) is 44.3 Å². The summed E-state index contributed by atoms with van der Waals surface area (Å²) in [5.41, 5.74) is 0.117. The molecular weight excluding hydrogens is 388 g/mol. The molecule has 0 bridgehead atoms. The number of hydrogen-bond acceptors (Lipinski definition) is 6. The first kappa shape index (κ1) is 22.1. The number of esters is 1. The molecule has 1 aromatic rings. The Kier molecular flexibility index (Phi) is 6.67. The van der Waals surface area contributed by atoms with E-state index in [1.54, 1.807) is 9.58 Å². The van der Waals surface area contributed by atoms with Crippen molar-refractivity contribution in [1.82, 2.24) is 19.6 Å². The highest BCUT2D eigenvalue weighted by Crippen LogP contribution is 2.24. The van der Waals surface area contributed by atoms with Crippen molar-refractivity contribution in [3.05, 3.63) is 17.5 Å². The second-order valence-corrected chi connectivity index (χ2v) is 8.97. The first-order chi connectivity index (χ1) is 14.2. The predicted molar refractivity (Wildman–Crippen MR) is 109 cm³/mol. The Morgan fingerprint density at radius 1 is 1.17 bits per heavy atom. The number of amides is 2. The standard InChI is InChI=1S/C21H32N4O5/c1-21(2,3)30-20(28)24-12-7-15(8-13-24)6-11-23-9-5-10-25-17(18(23)26)14-16(22-25)19(27)29-4/h14-15H,5-13H2,1-4H3. The number of rotatable bonds is 4. The van der Waals surface area contributed by atoms with Gasteiger partial charge in [-0.05, 0) is 52.4 Å². The van der Waals surface area contributed by atoms with Crippen LogP contribution in [0.2, 0.25) is 0 Å². The molecule has 30 heavy (non-hydrogen) atoms. The highest BCUT2D eigenvalue weighted by molar-refractivity contribution is 5.96. The lowest BCUT2D eigenvalue weighted by atomic mass is 9.93. The molecule has 1 aromatic heterocycles. The zero-order valence-corrected chi connectivity index (χ0v) is 18.3. The first-order valence-electron chi connectivity index (χ1n) is 10.6. The van der Waals surface area contributed by atoms with Crippen LogP contribution in [0.4, 0.5) is 4.79 Å². The average molecular weight is 421 g/mol. The number of piperidine rings is 1. The fraction of sp³-hybridized carbons (Fsp3) is 0.714. The zero-order valence-electron chi connectivity index (χ0n) is 18.3. The quantitative estimate of drug-likeness (QED) is 0.695. The van der Waals surface area contributed by atoms with Crippen molar-refractivity contribution in [3.8, 4) is 0 Å². The highest BCUT2D eigenvalue weighted by Gasteiger charge is 2.29. The molecule has 0 unspecified atom stereocenters. The van der Waals surface area contributed by atoms with Gasteiger partial charge in [-0.1, -0.05) is 0 Å². The fourth-order valence-corrected chi connectivity index (χ4v) is 3.92. The minimum atomic E-state index is -0.535. The molecule has 1 fully saturated rings. The van der Waals surface area contributed by atoms with Gasteiger partial charge in [0.25, 0.3) is 5.91 Å². The number of methoxy groups -OCH3 is 1. The van der Waals surface area contributed by atoms with Crippen molar-refractivity contribution in [1.29, 1.82) is 0 Å². The molecule has 9 heteroatoms. The van der Waals surface area contributed by atoms with Gasteiger partial charge in [0, 0.05) is 38.8 Å². The largest absolute Gasteiger partial charge is 0.464 e. The molecule has 0 saturated carbocycles. The van der Waals surface area contributed by atoms with Gasteiger partial charge in [-0.25, -0.2) is 9.59 Å². The van der Waals surface area contributed by atoms with Gasteiger partial charge in [0.15, 0.2) is 5.69 Å². The van der Waals surface area contributed by atoms with E-state index in [4.69, 9.17) is 9.47 Å². The summed E-state index contributed by atoms with van der Waals surface area (Å²) >= 11 is 0. The lowest BCUT2D eigenvalue weighted by Gasteiger charge is -2.34. The Morgan fingerprint density at radius 3 is 2.50 bits per heavy atom. The Hall–Kier alpha value is -2.58. The van der Waals surface area contributed by atoms with Crippen molar-refractivity contribution >= 4 is 18.0 Å². The summed E-state index contributed by atoms with van der Waals surface area (Å²) in [6, 6.07) is 1.52. The maximum absolute atomic E-state index is 13.0. The van der Waals surface area contributed by atoms with Gasteiger partial charge in [-0.2, -0.15) is 5.10 Å². The minimum absolute atomic E-state index is 0.0960. The zero-order chi connectivity index (χ0) is 21.9. The third kappa shape index (κ3) is 5.31. The monoisotopic (exact) mass is 420 g/mol. The van der Waals surface area contributed by atoms with Crippen LogP contribution in [0.15, 0.2) is 6.07 Å². The molecule has 0 spiro atoms. The maximum Gasteiger partial charge on any atom is 0.410 e. The number of aromatic nitrogens is 2. The Labute approximate surface area is 177 Å². The summed E-state index contributed by atoms with van der Waals surface area (Å²) in [6.07, 6.45) is 3.25. The van der Waals surface area contributed by atoms with Crippen LogP contribution < -0.4 is 0 Å². The molecule has 0 atom stereocenters. The van der Waals surface area contributed by atoms with Gasteiger partial charge in [-0.3, -0.25) is 9.48 Å². The molecule has 0 aromatic carbocycles. The molecule has 2 aliphatic heterocycles. The second kappa shape index (κ2) is 9.06. The van der Waals surface area contributed by atoms with Crippen LogP contribution >= 0.6 is 0 Å². The number of carbonyl (C=O) groups excluding carboxylic acids is 3. The van der Waals surface area contributed by atoms with Crippen molar-refractivity contribution in [2.24, 2.45) is 5.92 Å². The molecular formula is C21H32N4O5. The third-order valence-corrected chi connectivity index (χ3v) is 5.55. The van der Waals surface area contributed by atoms with E-state index in [0.717, 1.165) is 25.7 Å². The SMILES string of the molecule is COC(=O)c1cc2n(n1)CCCN(CCC1CCN(C(=O)OC(C)(C)C)CC1)C2=O. The predicted octanol–water partition coefficient (Wildman–Crippen LogP) is 2.55. The Bertz CT molecular complexity index is 790. The van der Waals surface area contributed by atoms with Crippen molar-refractivity contribution in [3.63, 3.8) is 0 Å². The molecule has 0 aliphatic carbocycles. The van der Waals surface area contributed by atoms with E-state index in [9.17, 15) is 14.4 Å². The molecule has 0 N–H and O–H groups in total. The van der Waals surface area contributed by atoms with Crippen LogP contribution in [0.25, 0.3) is 0 Å². The number of likely N-dealkylation sites (tertiary alicyclic amines) is 1. The second-order valence-electron chi connectivity index (χ2n) is 8.97. The van der Waals surface area contributed by atoms with Crippen LogP contribution in [0, 0.1) is 5.92 Å². The Balaban J connectivity index is 1.52. The van der Waals surface area contributed by atoms with Crippen LogP contribution in [-0.2, 0) is 16.0 Å².